The number of nitriles is 1. The Balaban J connectivity index is 2.59. The highest BCUT2D eigenvalue weighted by Gasteiger charge is 2.18. The van der Waals surface area contributed by atoms with Crippen LogP contribution in [0, 0.1) is 11.3 Å². The summed E-state index contributed by atoms with van der Waals surface area (Å²) < 4.78 is 26.7. The molecule has 0 radical (unpaired) electrons. The Hall–Kier alpha value is -3.33. The second kappa shape index (κ2) is 8.67. The lowest BCUT2D eigenvalue weighted by molar-refractivity contribution is 0.324. The summed E-state index contributed by atoms with van der Waals surface area (Å²) in [5.74, 6) is 2.59. The molecule has 0 spiro atoms. The third-order valence-electron chi connectivity index (χ3n) is 3.83. The smallest absolute Gasteiger partial charge is 0.203 e. The first-order chi connectivity index (χ1) is 12.6. The number of allylic oxidation sites excluding steroid dienone is 1. The van der Waals surface area contributed by atoms with E-state index in [0.717, 1.165) is 5.56 Å². The zero-order chi connectivity index (χ0) is 19.1. The van der Waals surface area contributed by atoms with Crippen LogP contribution in [-0.2, 0) is 0 Å². The number of hydrogen-bond acceptors (Lipinski definition) is 6. The molecule has 0 N–H and O–H groups in total. The maximum atomic E-state index is 9.68. The molecule has 0 heterocycles. The van der Waals surface area contributed by atoms with Gasteiger partial charge in [0.15, 0.2) is 23.0 Å². The Bertz CT molecular complexity index is 852. The summed E-state index contributed by atoms with van der Waals surface area (Å²) in [7, 11) is 7.72. The highest BCUT2D eigenvalue weighted by Crippen LogP contribution is 2.42. The largest absolute Gasteiger partial charge is 0.493 e. The average molecular weight is 355 g/mol. The predicted octanol–water partition coefficient (Wildman–Crippen LogP) is 3.79. The van der Waals surface area contributed by atoms with Gasteiger partial charge >= 0.3 is 0 Å². The topological polar surface area (TPSA) is 69.9 Å². The van der Waals surface area contributed by atoms with Gasteiger partial charge in [-0.25, -0.2) is 0 Å². The van der Waals surface area contributed by atoms with E-state index in [1.165, 1.54) is 14.2 Å². The molecule has 0 amide bonds. The predicted molar refractivity (Wildman–Crippen MR) is 99.1 cm³/mol. The van der Waals surface area contributed by atoms with E-state index in [9.17, 15) is 5.26 Å². The van der Waals surface area contributed by atoms with E-state index in [4.69, 9.17) is 23.7 Å². The summed E-state index contributed by atoms with van der Waals surface area (Å²) in [5.41, 5.74) is 1.80. The van der Waals surface area contributed by atoms with Gasteiger partial charge in [-0.3, -0.25) is 0 Å². The van der Waals surface area contributed by atoms with Crippen LogP contribution in [0.1, 0.15) is 11.1 Å². The van der Waals surface area contributed by atoms with Crippen LogP contribution in [0.25, 0.3) is 11.6 Å². The molecule has 0 fully saturated rings. The molecule has 2 rings (SSSR count). The van der Waals surface area contributed by atoms with Crippen molar-refractivity contribution < 1.29 is 23.7 Å². The molecule has 2 aromatic rings. The lowest BCUT2D eigenvalue weighted by Crippen LogP contribution is -1.98. The number of ether oxygens (including phenoxy) is 5. The molecule has 6 heteroatoms. The first-order valence-corrected chi connectivity index (χ1v) is 7.76. The van der Waals surface area contributed by atoms with E-state index in [0.29, 0.717) is 39.9 Å². The highest BCUT2D eigenvalue weighted by atomic mass is 16.5. The molecule has 136 valence electrons. The Morgan fingerprint density at radius 3 is 1.92 bits per heavy atom. The molecule has 2 aromatic carbocycles. The van der Waals surface area contributed by atoms with Crippen LogP contribution in [-0.4, -0.2) is 35.5 Å². The zero-order valence-electron chi connectivity index (χ0n) is 15.5. The van der Waals surface area contributed by atoms with Crippen LogP contribution in [0.4, 0.5) is 0 Å². The van der Waals surface area contributed by atoms with Crippen molar-refractivity contribution in [2.45, 2.75) is 0 Å². The van der Waals surface area contributed by atoms with Crippen LogP contribution < -0.4 is 23.7 Å². The van der Waals surface area contributed by atoms with Crippen molar-refractivity contribution in [3.63, 3.8) is 0 Å². The quantitative estimate of drug-likeness (QED) is 0.556. The number of rotatable bonds is 7. The lowest BCUT2D eigenvalue weighted by Gasteiger charge is -2.15. The fraction of sp³-hybridized carbons (Fsp3) is 0.250. The van der Waals surface area contributed by atoms with Gasteiger partial charge in [0.05, 0.1) is 47.2 Å². The summed E-state index contributed by atoms with van der Waals surface area (Å²) in [4.78, 5) is 0. The molecule has 6 nitrogen and oxygen atoms in total. The van der Waals surface area contributed by atoms with Crippen molar-refractivity contribution in [1.29, 1.82) is 5.26 Å². The van der Waals surface area contributed by atoms with Crippen LogP contribution in [0.2, 0.25) is 0 Å². The van der Waals surface area contributed by atoms with Gasteiger partial charge in [0.2, 0.25) is 5.75 Å². The summed E-state index contributed by atoms with van der Waals surface area (Å²) in [6.45, 7) is 0. The molecule has 0 saturated heterocycles. The summed E-state index contributed by atoms with van der Waals surface area (Å²) in [6.07, 6.45) is 1.74. The molecule has 0 saturated carbocycles. The Morgan fingerprint density at radius 2 is 1.38 bits per heavy atom. The maximum Gasteiger partial charge on any atom is 0.203 e. The summed E-state index contributed by atoms with van der Waals surface area (Å²) in [6, 6.07) is 11.1. The molecule has 0 aromatic heterocycles. The molecule has 0 atom stereocenters. The third-order valence-corrected chi connectivity index (χ3v) is 3.83. The van der Waals surface area contributed by atoms with Crippen molar-refractivity contribution in [3.8, 4) is 34.8 Å². The second-order valence-electron chi connectivity index (χ2n) is 5.17. The number of hydrogen-bond donors (Lipinski definition) is 0. The average Bonchev–Trinajstić information content (AvgIpc) is 2.70. The molecule has 0 bridgehead atoms. The summed E-state index contributed by atoms with van der Waals surface area (Å²) in [5, 5.41) is 9.68. The van der Waals surface area contributed by atoms with Gasteiger partial charge in [-0.05, 0) is 35.9 Å². The van der Waals surface area contributed by atoms with Crippen LogP contribution >= 0.6 is 0 Å². The molecule has 26 heavy (non-hydrogen) atoms. The minimum Gasteiger partial charge on any atom is -0.493 e. The van der Waals surface area contributed by atoms with Gasteiger partial charge in [-0.15, -0.1) is 0 Å². The van der Waals surface area contributed by atoms with Gasteiger partial charge in [0.25, 0.3) is 0 Å². The number of benzene rings is 2. The molecule has 0 aliphatic carbocycles. The van der Waals surface area contributed by atoms with Crippen molar-refractivity contribution in [3.05, 3.63) is 41.5 Å². The highest BCUT2D eigenvalue weighted by molar-refractivity contribution is 5.93. The molecule has 0 aliphatic heterocycles. The lowest BCUT2D eigenvalue weighted by atomic mass is 10.0. The molecular formula is C20H21NO5. The first-order valence-electron chi connectivity index (χ1n) is 7.76. The zero-order valence-corrected chi connectivity index (χ0v) is 15.5. The van der Waals surface area contributed by atoms with Crippen molar-refractivity contribution in [2.24, 2.45) is 0 Å². The van der Waals surface area contributed by atoms with Gasteiger partial charge in [-0.2, -0.15) is 5.26 Å². The van der Waals surface area contributed by atoms with E-state index in [1.807, 2.05) is 6.07 Å². The Kier molecular flexibility index (Phi) is 6.34. The maximum absolute atomic E-state index is 9.68. The van der Waals surface area contributed by atoms with Gasteiger partial charge in [-0.1, -0.05) is 6.07 Å². The third kappa shape index (κ3) is 3.67. The molecular weight excluding hydrogens is 334 g/mol. The standard InChI is InChI=1S/C20H21NO5/c1-22-16-8-6-13(11-18(16)24-3)10-14(12-21)15-7-9-17(23-2)20(26-5)19(15)25-4/h6-11H,1-5H3/b14-10+. The van der Waals surface area contributed by atoms with E-state index < -0.39 is 0 Å². The molecule has 0 aliphatic rings. The minimum absolute atomic E-state index is 0.412. The van der Waals surface area contributed by atoms with Gasteiger partial charge < -0.3 is 23.7 Å². The van der Waals surface area contributed by atoms with E-state index in [1.54, 1.807) is 51.7 Å². The molecule has 0 unspecified atom stereocenters. The Morgan fingerprint density at radius 1 is 0.769 bits per heavy atom. The summed E-state index contributed by atoms with van der Waals surface area (Å²) >= 11 is 0. The fourth-order valence-electron chi connectivity index (χ4n) is 2.59. The fourth-order valence-corrected chi connectivity index (χ4v) is 2.59. The Labute approximate surface area is 153 Å². The van der Waals surface area contributed by atoms with Crippen molar-refractivity contribution >= 4 is 11.6 Å². The van der Waals surface area contributed by atoms with Gasteiger partial charge in [0.1, 0.15) is 0 Å². The second-order valence-corrected chi connectivity index (χ2v) is 5.17. The number of nitrogens with zero attached hydrogens (tertiary/aromatic N) is 1. The van der Waals surface area contributed by atoms with Crippen LogP contribution in [0.5, 0.6) is 28.7 Å². The van der Waals surface area contributed by atoms with Crippen molar-refractivity contribution in [2.75, 3.05) is 35.5 Å². The monoisotopic (exact) mass is 355 g/mol. The number of methoxy groups -OCH3 is 5. The van der Waals surface area contributed by atoms with E-state index >= 15 is 0 Å². The SMILES string of the molecule is COc1ccc(/C=C(\C#N)c2ccc(OC)c(OC)c2OC)cc1OC. The minimum atomic E-state index is 0.412. The first kappa shape index (κ1) is 19.0. The van der Waals surface area contributed by atoms with E-state index in [-0.39, 0.29) is 0 Å². The van der Waals surface area contributed by atoms with Crippen LogP contribution in [0.3, 0.4) is 0 Å². The normalized spacial score (nSPS) is 10.7. The van der Waals surface area contributed by atoms with Gasteiger partial charge in [0, 0.05) is 5.56 Å². The van der Waals surface area contributed by atoms with Crippen molar-refractivity contribution in [1.82, 2.24) is 0 Å². The van der Waals surface area contributed by atoms with Crippen LogP contribution in [0.15, 0.2) is 30.3 Å². The van der Waals surface area contributed by atoms with E-state index in [2.05, 4.69) is 6.07 Å².